The minimum atomic E-state index is -0.385. The molecular formula is C12H18BrN3O3. The lowest BCUT2D eigenvalue weighted by Crippen LogP contribution is -2.33. The second kappa shape index (κ2) is 6.49. The van der Waals surface area contributed by atoms with Gasteiger partial charge in [-0.3, -0.25) is 9.89 Å². The van der Waals surface area contributed by atoms with E-state index in [4.69, 9.17) is 9.57 Å². The van der Waals surface area contributed by atoms with Gasteiger partial charge in [0.15, 0.2) is 12.0 Å². The van der Waals surface area contributed by atoms with Crippen LogP contribution in [-0.4, -0.2) is 29.0 Å². The van der Waals surface area contributed by atoms with E-state index in [1.165, 1.54) is 0 Å². The van der Waals surface area contributed by atoms with E-state index in [-0.39, 0.29) is 18.1 Å². The quantitative estimate of drug-likeness (QED) is 0.831. The number of ether oxygens (including phenoxy) is 1. The maximum absolute atomic E-state index is 11.9. The molecule has 19 heavy (non-hydrogen) atoms. The van der Waals surface area contributed by atoms with Crippen LogP contribution < -0.4 is 5.48 Å². The highest BCUT2D eigenvalue weighted by Gasteiger charge is 2.21. The molecule has 7 heteroatoms. The van der Waals surface area contributed by atoms with Crippen molar-refractivity contribution in [1.82, 2.24) is 15.7 Å². The summed E-state index contributed by atoms with van der Waals surface area (Å²) in [5.74, 6) is -0.129. The molecule has 1 fully saturated rings. The monoisotopic (exact) mass is 331 g/mol. The van der Waals surface area contributed by atoms with E-state index in [2.05, 4.69) is 31.6 Å². The van der Waals surface area contributed by atoms with Crippen LogP contribution in [0.3, 0.4) is 0 Å². The van der Waals surface area contributed by atoms with Crippen molar-refractivity contribution in [2.45, 2.75) is 45.3 Å². The highest BCUT2D eigenvalue weighted by molar-refractivity contribution is 9.10. The van der Waals surface area contributed by atoms with E-state index in [0.717, 1.165) is 25.0 Å². The Kier molecular flexibility index (Phi) is 4.95. The van der Waals surface area contributed by atoms with Crippen molar-refractivity contribution >= 4 is 21.8 Å². The molecule has 1 atom stereocenters. The number of halogens is 1. The van der Waals surface area contributed by atoms with Crippen LogP contribution in [-0.2, 0) is 9.57 Å². The molecule has 1 aliphatic rings. The fourth-order valence-electron chi connectivity index (χ4n) is 1.85. The van der Waals surface area contributed by atoms with Crippen molar-refractivity contribution in [2.75, 3.05) is 6.61 Å². The van der Waals surface area contributed by atoms with Gasteiger partial charge in [0.05, 0.1) is 10.2 Å². The Morgan fingerprint density at radius 2 is 2.37 bits per heavy atom. The zero-order chi connectivity index (χ0) is 13.8. The van der Waals surface area contributed by atoms with Crippen LogP contribution in [0, 0.1) is 0 Å². The molecule has 2 rings (SSSR count). The number of amides is 1. The molecule has 1 amide bonds. The average molecular weight is 332 g/mol. The maximum atomic E-state index is 11.9. The summed E-state index contributed by atoms with van der Waals surface area (Å²) >= 11 is 3.38. The number of hydrogen-bond donors (Lipinski definition) is 2. The van der Waals surface area contributed by atoms with Crippen LogP contribution in [0.15, 0.2) is 4.47 Å². The molecule has 1 aliphatic heterocycles. The number of H-pyrrole nitrogens is 1. The third-order valence-electron chi connectivity index (χ3n) is 2.95. The second-order valence-electron chi connectivity index (χ2n) is 4.80. The molecule has 0 spiro atoms. The lowest BCUT2D eigenvalue weighted by atomic mass is 10.1. The van der Waals surface area contributed by atoms with Crippen LogP contribution in [0.25, 0.3) is 0 Å². The number of hydroxylamine groups is 1. The van der Waals surface area contributed by atoms with Gasteiger partial charge in [-0.15, -0.1) is 0 Å². The normalized spacial score (nSPS) is 19.7. The van der Waals surface area contributed by atoms with Gasteiger partial charge < -0.3 is 4.74 Å². The molecule has 106 valence electrons. The Hall–Kier alpha value is -0.920. The Morgan fingerprint density at radius 1 is 1.58 bits per heavy atom. The third-order valence-corrected chi connectivity index (χ3v) is 3.75. The van der Waals surface area contributed by atoms with E-state index in [1.54, 1.807) is 0 Å². The van der Waals surface area contributed by atoms with Crippen LogP contribution in [0.2, 0.25) is 0 Å². The topological polar surface area (TPSA) is 76.2 Å². The number of aromatic nitrogens is 2. The first-order chi connectivity index (χ1) is 9.09. The van der Waals surface area contributed by atoms with Gasteiger partial charge in [0.2, 0.25) is 0 Å². The van der Waals surface area contributed by atoms with Crippen molar-refractivity contribution in [1.29, 1.82) is 0 Å². The fraction of sp³-hybridized carbons (Fsp3) is 0.667. The minimum Gasteiger partial charge on any atom is -0.350 e. The van der Waals surface area contributed by atoms with Gasteiger partial charge in [0.1, 0.15) is 0 Å². The standard InChI is InChI=1S/C12H18BrN3O3/c1-7(2)10-9(13)11(15-14-10)12(17)16-19-8-5-3-4-6-18-8/h7-8H,3-6H2,1-2H3,(H,14,15)(H,16,17)/t8-/m1/s1. The molecular weight excluding hydrogens is 314 g/mol. The Morgan fingerprint density at radius 3 is 2.95 bits per heavy atom. The summed E-state index contributed by atoms with van der Waals surface area (Å²) in [6.45, 7) is 4.71. The molecule has 0 aliphatic carbocycles. The van der Waals surface area contributed by atoms with Gasteiger partial charge in [0, 0.05) is 13.0 Å². The zero-order valence-electron chi connectivity index (χ0n) is 11.0. The van der Waals surface area contributed by atoms with Crippen LogP contribution in [0.5, 0.6) is 0 Å². The highest BCUT2D eigenvalue weighted by Crippen LogP contribution is 2.25. The lowest BCUT2D eigenvalue weighted by Gasteiger charge is -2.21. The van der Waals surface area contributed by atoms with E-state index >= 15 is 0 Å². The first-order valence-electron chi connectivity index (χ1n) is 6.41. The summed E-state index contributed by atoms with van der Waals surface area (Å²) in [4.78, 5) is 17.2. The van der Waals surface area contributed by atoms with Crippen LogP contribution in [0.1, 0.15) is 55.2 Å². The van der Waals surface area contributed by atoms with Gasteiger partial charge in [-0.25, -0.2) is 10.3 Å². The molecule has 0 unspecified atom stereocenters. The molecule has 1 aromatic heterocycles. The van der Waals surface area contributed by atoms with E-state index in [0.29, 0.717) is 16.8 Å². The van der Waals surface area contributed by atoms with Gasteiger partial charge in [0.25, 0.3) is 5.91 Å². The third kappa shape index (κ3) is 3.55. The summed E-state index contributed by atoms with van der Waals surface area (Å²) < 4.78 is 6.04. The number of rotatable bonds is 4. The van der Waals surface area contributed by atoms with E-state index < -0.39 is 0 Å². The molecule has 2 N–H and O–H groups in total. The van der Waals surface area contributed by atoms with Crippen molar-refractivity contribution < 1.29 is 14.4 Å². The molecule has 0 aromatic carbocycles. The predicted molar refractivity (Wildman–Crippen MR) is 72.5 cm³/mol. The number of nitrogens with one attached hydrogen (secondary N) is 2. The minimum absolute atomic E-state index is 0.256. The molecule has 1 aromatic rings. The fourth-order valence-corrected chi connectivity index (χ4v) is 2.66. The van der Waals surface area contributed by atoms with Crippen molar-refractivity contribution in [3.05, 3.63) is 15.9 Å². The molecule has 0 saturated carbocycles. The van der Waals surface area contributed by atoms with Gasteiger partial charge in [-0.1, -0.05) is 13.8 Å². The number of carbonyl (C=O) groups excluding carboxylic acids is 1. The first-order valence-corrected chi connectivity index (χ1v) is 7.20. The summed E-state index contributed by atoms with van der Waals surface area (Å²) in [6, 6.07) is 0. The number of carbonyl (C=O) groups is 1. The lowest BCUT2D eigenvalue weighted by molar-refractivity contribution is -0.186. The highest BCUT2D eigenvalue weighted by atomic mass is 79.9. The predicted octanol–water partition coefficient (Wildman–Crippen LogP) is 2.48. The molecule has 2 heterocycles. The van der Waals surface area contributed by atoms with Crippen LogP contribution >= 0.6 is 15.9 Å². The summed E-state index contributed by atoms with van der Waals surface area (Å²) in [5, 5.41) is 6.84. The van der Waals surface area contributed by atoms with Crippen molar-refractivity contribution in [3.8, 4) is 0 Å². The van der Waals surface area contributed by atoms with Gasteiger partial charge >= 0.3 is 0 Å². The molecule has 1 saturated heterocycles. The van der Waals surface area contributed by atoms with Gasteiger partial charge in [-0.2, -0.15) is 5.10 Å². The SMILES string of the molecule is CC(C)c1[nH]nc(C(=O)NO[C@@H]2CCCCO2)c1Br. The van der Waals surface area contributed by atoms with Gasteiger partial charge in [-0.05, 0) is 34.7 Å². The Balaban J connectivity index is 1.92. The summed E-state index contributed by atoms with van der Waals surface area (Å²) in [6.07, 6.45) is 2.51. The second-order valence-corrected chi connectivity index (χ2v) is 5.59. The summed E-state index contributed by atoms with van der Waals surface area (Å²) in [5.41, 5.74) is 3.56. The zero-order valence-corrected chi connectivity index (χ0v) is 12.6. The smallest absolute Gasteiger partial charge is 0.296 e. The van der Waals surface area contributed by atoms with Crippen molar-refractivity contribution in [2.24, 2.45) is 0 Å². The number of hydrogen-bond acceptors (Lipinski definition) is 4. The first kappa shape index (κ1) is 14.5. The summed E-state index contributed by atoms with van der Waals surface area (Å²) in [7, 11) is 0. The average Bonchev–Trinajstić information content (AvgIpc) is 2.79. The van der Waals surface area contributed by atoms with E-state index in [1.807, 2.05) is 13.8 Å². The number of aromatic amines is 1. The molecule has 0 radical (unpaired) electrons. The van der Waals surface area contributed by atoms with Crippen molar-refractivity contribution in [3.63, 3.8) is 0 Å². The van der Waals surface area contributed by atoms with Crippen LogP contribution in [0.4, 0.5) is 0 Å². The molecule has 6 nitrogen and oxygen atoms in total. The van der Waals surface area contributed by atoms with E-state index in [9.17, 15) is 4.79 Å². The Bertz CT molecular complexity index is 441. The number of nitrogens with zero attached hydrogens (tertiary/aromatic N) is 1. The largest absolute Gasteiger partial charge is 0.350 e. The Labute approximate surface area is 120 Å². The maximum Gasteiger partial charge on any atom is 0.296 e. The molecule has 0 bridgehead atoms.